The molecule has 8 nitrogen and oxygen atoms in total. The van der Waals surface area contributed by atoms with Crippen LogP contribution in [0.2, 0.25) is 0 Å². The zero-order valence-electron chi connectivity index (χ0n) is 14.1. The minimum atomic E-state index is -1.28. The molecule has 0 radical (unpaired) electrons. The Morgan fingerprint density at radius 1 is 1.19 bits per heavy atom. The highest BCUT2D eigenvalue weighted by Crippen LogP contribution is 2.18. The van der Waals surface area contributed by atoms with E-state index < -0.39 is 34.6 Å². The molecular formula is C17H15F2N3O5. The average molecular weight is 379 g/mol. The van der Waals surface area contributed by atoms with E-state index in [1.54, 1.807) is 0 Å². The second kappa shape index (κ2) is 8.21. The lowest BCUT2D eigenvalue weighted by Crippen LogP contribution is -2.44. The van der Waals surface area contributed by atoms with Gasteiger partial charge in [0.1, 0.15) is 6.04 Å². The first-order chi connectivity index (χ1) is 12.7. The number of nitro benzene ring substituents is 1. The minimum absolute atomic E-state index is 0.0508. The van der Waals surface area contributed by atoms with Crippen LogP contribution >= 0.6 is 0 Å². The third-order valence-corrected chi connectivity index (χ3v) is 3.76. The smallest absolute Gasteiger partial charge is 0.326 e. The fourth-order valence-electron chi connectivity index (χ4n) is 2.21. The number of urea groups is 1. The molecular weight excluding hydrogens is 364 g/mol. The lowest BCUT2D eigenvalue weighted by atomic mass is 10.1. The van der Waals surface area contributed by atoms with Crippen LogP contribution in [0.25, 0.3) is 0 Å². The molecule has 0 fully saturated rings. The Morgan fingerprint density at radius 3 is 2.33 bits per heavy atom. The minimum Gasteiger partial charge on any atom is -0.480 e. The van der Waals surface area contributed by atoms with Gasteiger partial charge < -0.3 is 15.3 Å². The van der Waals surface area contributed by atoms with Crippen LogP contribution in [0.15, 0.2) is 42.5 Å². The van der Waals surface area contributed by atoms with Gasteiger partial charge in [-0.05, 0) is 24.6 Å². The predicted octanol–water partition coefficient (Wildman–Crippen LogP) is 3.38. The van der Waals surface area contributed by atoms with E-state index in [1.165, 1.54) is 31.2 Å². The van der Waals surface area contributed by atoms with Gasteiger partial charge >= 0.3 is 12.0 Å². The molecule has 2 aromatic rings. The standard InChI is InChI=1S/C17H15F2N3O5/c1-10(16(23)24)21(9-11-2-5-13(6-3-11)22(26)27)17(25)20-12-4-7-14(18)15(19)8-12/h2-8,10H,9H2,1H3,(H,20,25)(H,23,24)/t10-/m0/s1. The highest BCUT2D eigenvalue weighted by atomic mass is 19.2. The van der Waals surface area contributed by atoms with Gasteiger partial charge in [-0.15, -0.1) is 0 Å². The number of nitrogens with zero attached hydrogens (tertiary/aromatic N) is 2. The number of non-ortho nitro benzene ring substituents is 1. The van der Waals surface area contributed by atoms with Crippen LogP contribution in [0.5, 0.6) is 0 Å². The molecule has 0 aliphatic heterocycles. The quantitative estimate of drug-likeness (QED) is 0.590. The van der Waals surface area contributed by atoms with Crippen molar-refractivity contribution in [3.05, 3.63) is 69.8 Å². The summed E-state index contributed by atoms with van der Waals surface area (Å²) in [7, 11) is 0. The summed E-state index contributed by atoms with van der Waals surface area (Å²) in [5.74, 6) is -3.53. The lowest BCUT2D eigenvalue weighted by Gasteiger charge is -2.27. The molecule has 0 aromatic heterocycles. The maximum absolute atomic E-state index is 13.3. The zero-order valence-corrected chi connectivity index (χ0v) is 14.1. The summed E-state index contributed by atoms with van der Waals surface area (Å²) in [6.07, 6.45) is 0. The van der Waals surface area contributed by atoms with Crippen LogP contribution in [0.1, 0.15) is 12.5 Å². The van der Waals surface area contributed by atoms with E-state index in [-0.39, 0.29) is 17.9 Å². The van der Waals surface area contributed by atoms with Gasteiger partial charge in [0.2, 0.25) is 0 Å². The van der Waals surface area contributed by atoms with E-state index in [1.807, 2.05) is 0 Å². The van der Waals surface area contributed by atoms with E-state index in [4.69, 9.17) is 0 Å². The number of nitro groups is 1. The molecule has 27 heavy (non-hydrogen) atoms. The van der Waals surface area contributed by atoms with Gasteiger partial charge in [0.05, 0.1) is 4.92 Å². The van der Waals surface area contributed by atoms with Crippen LogP contribution < -0.4 is 5.32 Å². The molecule has 2 aromatic carbocycles. The number of rotatable bonds is 6. The van der Waals surface area contributed by atoms with E-state index in [0.29, 0.717) is 5.56 Å². The van der Waals surface area contributed by atoms with Gasteiger partial charge in [-0.25, -0.2) is 18.4 Å². The Hall–Kier alpha value is -3.56. The molecule has 10 heteroatoms. The second-order valence-corrected chi connectivity index (χ2v) is 5.62. The number of benzene rings is 2. The number of carboxylic acid groups (broad SMARTS) is 1. The Morgan fingerprint density at radius 2 is 1.81 bits per heavy atom. The van der Waals surface area contributed by atoms with Crippen LogP contribution in [0.3, 0.4) is 0 Å². The maximum atomic E-state index is 13.3. The Labute approximate surface area is 152 Å². The van der Waals surface area contributed by atoms with Crippen molar-refractivity contribution in [3.8, 4) is 0 Å². The van der Waals surface area contributed by atoms with Gasteiger partial charge in [0.25, 0.3) is 5.69 Å². The summed E-state index contributed by atoms with van der Waals surface area (Å²) in [6.45, 7) is 1.11. The molecule has 0 aliphatic carbocycles. The molecule has 2 N–H and O–H groups in total. The van der Waals surface area contributed by atoms with Crippen LogP contribution in [0.4, 0.5) is 25.0 Å². The maximum Gasteiger partial charge on any atom is 0.326 e. The summed E-state index contributed by atoms with van der Waals surface area (Å²) >= 11 is 0. The number of carboxylic acids is 1. The normalized spacial score (nSPS) is 11.5. The first-order valence-electron chi connectivity index (χ1n) is 7.68. The molecule has 0 saturated heterocycles. The first kappa shape index (κ1) is 19.8. The monoisotopic (exact) mass is 379 g/mol. The predicted molar refractivity (Wildman–Crippen MR) is 91.1 cm³/mol. The van der Waals surface area contributed by atoms with E-state index in [0.717, 1.165) is 23.1 Å². The van der Waals surface area contributed by atoms with Crippen molar-refractivity contribution < 1.29 is 28.4 Å². The van der Waals surface area contributed by atoms with Crippen molar-refractivity contribution in [1.29, 1.82) is 0 Å². The summed E-state index contributed by atoms with van der Waals surface area (Å²) in [4.78, 5) is 34.8. The second-order valence-electron chi connectivity index (χ2n) is 5.62. The number of carbonyl (C=O) groups is 2. The molecule has 142 valence electrons. The molecule has 0 bridgehead atoms. The van der Waals surface area contributed by atoms with Gasteiger partial charge in [0, 0.05) is 30.4 Å². The number of halogens is 2. The number of nitrogens with one attached hydrogen (secondary N) is 1. The molecule has 2 rings (SSSR count). The molecule has 0 heterocycles. The van der Waals surface area contributed by atoms with Gasteiger partial charge in [0.15, 0.2) is 11.6 Å². The number of amides is 2. The molecule has 0 saturated carbocycles. The molecule has 0 unspecified atom stereocenters. The summed E-state index contributed by atoms with van der Waals surface area (Å²) in [5.41, 5.74) is 0.252. The van der Waals surface area contributed by atoms with Crippen molar-refractivity contribution in [3.63, 3.8) is 0 Å². The Balaban J connectivity index is 2.22. The van der Waals surface area contributed by atoms with Crippen molar-refractivity contribution in [2.45, 2.75) is 19.5 Å². The SMILES string of the molecule is C[C@@H](C(=O)O)N(Cc1ccc([N+](=O)[O-])cc1)C(=O)Nc1ccc(F)c(F)c1. The number of aliphatic carboxylic acids is 1. The van der Waals surface area contributed by atoms with Gasteiger partial charge in [-0.2, -0.15) is 0 Å². The van der Waals surface area contributed by atoms with E-state index in [9.17, 15) is 33.6 Å². The largest absolute Gasteiger partial charge is 0.480 e. The van der Waals surface area contributed by atoms with Gasteiger partial charge in [-0.1, -0.05) is 12.1 Å². The van der Waals surface area contributed by atoms with Crippen LogP contribution in [0, 0.1) is 21.7 Å². The van der Waals surface area contributed by atoms with Gasteiger partial charge in [-0.3, -0.25) is 10.1 Å². The fourth-order valence-corrected chi connectivity index (χ4v) is 2.21. The number of hydrogen-bond donors (Lipinski definition) is 2. The van der Waals surface area contributed by atoms with Crippen molar-refractivity contribution in [2.75, 3.05) is 5.32 Å². The Bertz CT molecular complexity index is 873. The first-order valence-corrected chi connectivity index (χ1v) is 7.68. The molecule has 0 aliphatic rings. The van der Waals surface area contributed by atoms with E-state index >= 15 is 0 Å². The summed E-state index contributed by atoms with van der Waals surface area (Å²) in [5, 5.41) is 22.2. The topological polar surface area (TPSA) is 113 Å². The molecule has 2 amide bonds. The highest BCUT2D eigenvalue weighted by Gasteiger charge is 2.26. The number of hydrogen-bond acceptors (Lipinski definition) is 4. The number of carbonyl (C=O) groups excluding carboxylic acids is 1. The van der Waals surface area contributed by atoms with Crippen LogP contribution in [-0.4, -0.2) is 33.0 Å². The van der Waals surface area contributed by atoms with E-state index in [2.05, 4.69) is 5.32 Å². The highest BCUT2D eigenvalue weighted by molar-refractivity contribution is 5.92. The zero-order chi connectivity index (χ0) is 20.1. The molecule has 1 atom stereocenters. The number of anilines is 1. The Kier molecular flexibility index (Phi) is 6.01. The van der Waals surface area contributed by atoms with Crippen molar-refractivity contribution in [2.24, 2.45) is 0 Å². The average Bonchev–Trinajstić information content (AvgIpc) is 2.62. The lowest BCUT2D eigenvalue weighted by molar-refractivity contribution is -0.384. The third kappa shape index (κ3) is 4.97. The van der Waals surface area contributed by atoms with Crippen molar-refractivity contribution in [1.82, 2.24) is 4.90 Å². The van der Waals surface area contributed by atoms with Crippen LogP contribution in [-0.2, 0) is 11.3 Å². The summed E-state index contributed by atoms with van der Waals surface area (Å²) in [6, 6.07) is 5.87. The molecule has 0 spiro atoms. The fraction of sp³-hybridized carbons (Fsp3) is 0.176. The third-order valence-electron chi connectivity index (χ3n) is 3.76. The summed E-state index contributed by atoms with van der Waals surface area (Å²) < 4.78 is 26.3. The van der Waals surface area contributed by atoms with Crippen molar-refractivity contribution >= 4 is 23.4 Å².